The molecular formula is C15H16BrN3O2. The zero-order valence-corrected chi connectivity index (χ0v) is 13.5. The Hall–Kier alpha value is -1.82. The van der Waals surface area contributed by atoms with Gasteiger partial charge in [0.2, 0.25) is 0 Å². The van der Waals surface area contributed by atoms with Gasteiger partial charge in [-0.3, -0.25) is 0 Å². The molecule has 0 saturated carbocycles. The van der Waals surface area contributed by atoms with E-state index in [2.05, 4.69) is 31.2 Å². The average Bonchev–Trinajstić information content (AvgIpc) is 2.72. The fourth-order valence-corrected chi connectivity index (χ4v) is 2.74. The van der Waals surface area contributed by atoms with Gasteiger partial charge in [-0.05, 0) is 35.0 Å². The van der Waals surface area contributed by atoms with Crippen LogP contribution in [0.4, 0.5) is 5.82 Å². The third kappa shape index (κ3) is 2.95. The number of halogens is 1. The minimum Gasteiger partial charge on any atom is -0.489 e. The summed E-state index contributed by atoms with van der Waals surface area (Å²) in [5.41, 5.74) is 1.80. The van der Waals surface area contributed by atoms with E-state index in [1.165, 1.54) is 0 Å². The largest absolute Gasteiger partial charge is 0.489 e. The Bertz CT molecular complexity index is 676. The maximum absolute atomic E-state index is 5.75. The molecule has 1 aromatic carbocycles. The van der Waals surface area contributed by atoms with E-state index in [0.717, 1.165) is 39.5 Å². The highest BCUT2D eigenvalue weighted by atomic mass is 79.9. The van der Waals surface area contributed by atoms with Gasteiger partial charge in [0.05, 0.1) is 17.7 Å². The maximum atomic E-state index is 5.75. The summed E-state index contributed by atoms with van der Waals surface area (Å²) in [7, 11) is 1.84. The second-order valence-electron chi connectivity index (χ2n) is 4.80. The summed E-state index contributed by atoms with van der Waals surface area (Å²) in [6, 6.07) is 5.79. The van der Waals surface area contributed by atoms with Crippen molar-refractivity contribution >= 4 is 21.7 Å². The number of hydrogen-bond donors (Lipinski definition) is 1. The molecule has 0 spiro atoms. The molecule has 0 amide bonds. The van der Waals surface area contributed by atoms with Crippen LogP contribution in [0.25, 0.3) is 11.4 Å². The Morgan fingerprint density at radius 3 is 2.76 bits per heavy atom. The van der Waals surface area contributed by atoms with Gasteiger partial charge in [0, 0.05) is 30.8 Å². The van der Waals surface area contributed by atoms with E-state index in [0.29, 0.717) is 19.0 Å². The minimum absolute atomic E-state index is 0.652. The lowest BCUT2D eigenvalue weighted by molar-refractivity contribution is 0.296. The van der Waals surface area contributed by atoms with E-state index < -0.39 is 0 Å². The number of ether oxygens (including phenoxy) is 2. The molecule has 110 valence electrons. The molecule has 0 bridgehead atoms. The number of anilines is 1. The van der Waals surface area contributed by atoms with E-state index in [9.17, 15) is 0 Å². The van der Waals surface area contributed by atoms with Crippen molar-refractivity contribution in [2.75, 3.05) is 25.6 Å². The highest BCUT2D eigenvalue weighted by Crippen LogP contribution is 2.40. The van der Waals surface area contributed by atoms with Gasteiger partial charge in [0.1, 0.15) is 5.82 Å². The number of nitrogens with zero attached hydrogens (tertiary/aromatic N) is 2. The van der Waals surface area contributed by atoms with Crippen molar-refractivity contribution in [1.29, 1.82) is 0 Å². The van der Waals surface area contributed by atoms with Gasteiger partial charge in [0.25, 0.3) is 0 Å². The van der Waals surface area contributed by atoms with Crippen LogP contribution in [0.3, 0.4) is 0 Å². The summed E-state index contributed by atoms with van der Waals surface area (Å²) >= 11 is 3.54. The Balaban J connectivity index is 2.09. The number of aryl methyl sites for hydroxylation is 1. The predicted octanol–water partition coefficient (Wildman–Crippen LogP) is 3.42. The first-order valence-corrected chi connectivity index (χ1v) is 7.59. The zero-order valence-electron chi connectivity index (χ0n) is 11.9. The molecule has 1 aliphatic heterocycles. The van der Waals surface area contributed by atoms with Gasteiger partial charge >= 0.3 is 0 Å². The lowest BCUT2D eigenvalue weighted by atomic mass is 10.2. The first kappa shape index (κ1) is 14.1. The molecule has 0 aliphatic carbocycles. The van der Waals surface area contributed by atoms with Crippen LogP contribution in [0.15, 0.2) is 22.7 Å². The van der Waals surface area contributed by atoms with Gasteiger partial charge in [0.15, 0.2) is 17.3 Å². The number of benzene rings is 1. The third-order valence-electron chi connectivity index (χ3n) is 3.17. The quantitative estimate of drug-likeness (QED) is 0.900. The van der Waals surface area contributed by atoms with Gasteiger partial charge in [-0.15, -0.1) is 0 Å². The van der Waals surface area contributed by atoms with E-state index in [1.54, 1.807) is 0 Å². The van der Waals surface area contributed by atoms with Gasteiger partial charge < -0.3 is 14.8 Å². The Morgan fingerprint density at radius 1 is 1.14 bits per heavy atom. The fourth-order valence-electron chi connectivity index (χ4n) is 2.19. The van der Waals surface area contributed by atoms with Crippen LogP contribution in [0, 0.1) is 6.92 Å². The standard InChI is InChI=1S/C15H16BrN3O2/c1-9-6-13(17-2)19-15(18-9)10-7-11(16)14-12(8-10)20-4-3-5-21-14/h6-8H,3-5H2,1-2H3,(H,17,18,19). The second-order valence-corrected chi connectivity index (χ2v) is 5.66. The summed E-state index contributed by atoms with van der Waals surface area (Å²) in [4.78, 5) is 8.99. The van der Waals surface area contributed by atoms with Crippen LogP contribution >= 0.6 is 15.9 Å². The molecule has 1 aromatic heterocycles. The SMILES string of the molecule is CNc1cc(C)nc(-c2cc(Br)c3c(c2)OCCCO3)n1. The van der Waals surface area contributed by atoms with Crippen molar-refractivity contribution in [3.8, 4) is 22.9 Å². The van der Waals surface area contributed by atoms with Crippen molar-refractivity contribution in [3.63, 3.8) is 0 Å². The summed E-state index contributed by atoms with van der Waals surface area (Å²) < 4.78 is 12.3. The number of nitrogens with one attached hydrogen (secondary N) is 1. The lowest BCUT2D eigenvalue weighted by Crippen LogP contribution is -1.99. The molecule has 0 saturated heterocycles. The van der Waals surface area contributed by atoms with E-state index in [-0.39, 0.29) is 0 Å². The van der Waals surface area contributed by atoms with E-state index in [4.69, 9.17) is 9.47 Å². The summed E-state index contributed by atoms with van der Waals surface area (Å²) in [6.07, 6.45) is 0.876. The molecule has 1 N–H and O–H groups in total. The molecule has 5 nitrogen and oxygen atoms in total. The van der Waals surface area contributed by atoms with Crippen LogP contribution < -0.4 is 14.8 Å². The highest BCUT2D eigenvalue weighted by Gasteiger charge is 2.17. The summed E-state index contributed by atoms with van der Waals surface area (Å²) in [5.74, 6) is 2.93. The molecule has 6 heteroatoms. The third-order valence-corrected chi connectivity index (χ3v) is 3.76. The molecule has 2 heterocycles. The van der Waals surface area contributed by atoms with Crippen LogP contribution in [0.2, 0.25) is 0 Å². The minimum atomic E-state index is 0.652. The number of fused-ring (bicyclic) bond motifs is 1. The van der Waals surface area contributed by atoms with Crippen molar-refractivity contribution in [2.45, 2.75) is 13.3 Å². The molecular weight excluding hydrogens is 334 g/mol. The van der Waals surface area contributed by atoms with E-state index in [1.807, 2.05) is 32.2 Å². The average molecular weight is 350 g/mol. The van der Waals surface area contributed by atoms with Crippen molar-refractivity contribution in [3.05, 3.63) is 28.4 Å². The van der Waals surface area contributed by atoms with Crippen LogP contribution in [-0.4, -0.2) is 30.2 Å². The number of hydrogen-bond acceptors (Lipinski definition) is 5. The molecule has 1 aliphatic rings. The van der Waals surface area contributed by atoms with Crippen molar-refractivity contribution < 1.29 is 9.47 Å². The number of rotatable bonds is 2. The van der Waals surface area contributed by atoms with Crippen molar-refractivity contribution in [1.82, 2.24) is 9.97 Å². The normalized spacial score (nSPS) is 13.7. The van der Waals surface area contributed by atoms with E-state index >= 15 is 0 Å². The van der Waals surface area contributed by atoms with Crippen molar-refractivity contribution in [2.24, 2.45) is 0 Å². The lowest BCUT2D eigenvalue weighted by Gasteiger charge is -2.12. The zero-order chi connectivity index (χ0) is 14.8. The molecule has 3 rings (SSSR count). The Kier molecular flexibility index (Phi) is 3.96. The monoisotopic (exact) mass is 349 g/mol. The first-order chi connectivity index (χ1) is 10.2. The molecule has 0 atom stereocenters. The molecule has 2 aromatic rings. The summed E-state index contributed by atoms with van der Waals surface area (Å²) in [5, 5.41) is 3.05. The molecule has 0 radical (unpaired) electrons. The predicted molar refractivity (Wildman–Crippen MR) is 85.1 cm³/mol. The van der Waals surface area contributed by atoms with Gasteiger partial charge in [-0.25, -0.2) is 9.97 Å². The number of aromatic nitrogens is 2. The molecule has 0 unspecified atom stereocenters. The Labute approximate surface area is 131 Å². The molecule has 21 heavy (non-hydrogen) atoms. The first-order valence-electron chi connectivity index (χ1n) is 6.80. The van der Waals surface area contributed by atoms with Crippen LogP contribution in [0.5, 0.6) is 11.5 Å². The van der Waals surface area contributed by atoms with Gasteiger partial charge in [-0.1, -0.05) is 0 Å². The van der Waals surface area contributed by atoms with Crippen LogP contribution in [0.1, 0.15) is 12.1 Å². The topological polar surface area (TPSA) is 56.3 Å². The second kappa shape index (κ2) is 5.89. The molecule has 0 fully saturated rings. The summed E-state index contributed by atoms with van der Waals surface area (Å²) in [6.45, 7) is 3.26. The van der Waals surface area contributed by atoms with Gasteiger partial charge in [-0.2, -0.15) is 0 Å². The highest BCUT2D eigenvalue weighted by molar-refractivity contribution is 9.10. The fraction of sp³-hybridized carbons (Fsp3) is 0.333. The van der Waals surface area contributed by atoms with Crippen LogP contribution in [-0.2, 0) is 0 Å². The maximum Gasteiger partial charge on any atom is 0.175 e. The Morgan fingerprint density at radius 2 is 1.95 bits per heavy atom. The smallest absolute Gasteiger partial charge is 0.175 e.